The number of hydrogen-bond donors (Lipinski definition) is 0. The lowest BCUT2D eigenvalue weighted by Gasteiger charge is -2.32. The van der Waals surface area contributed by atoms with E-state index in [1.807, 2.05) is 19.9 Å². The molecule has 112 valence electrons. The van der Waals surface area contributed by atoms with E-state index in [-0.39, 0.29) is 0 Å². The molecule has 20 heavy (non-hydrogen) atoms. The Morgan fingerprint density at radius 1 is 1.35 bits per heavy atom. The maximum Gasteiger partial charge on any atom is 0.228 e. The first-order valence-corrected chi connectivity index (χ1v) is 8.26. The number of rotatable bonds is 6. The van der Waals surface area contributed by atoms with Gasteiger partial charge in [0.2, 0.25) is 11.8 Å². The van der Waals surface area contributed by atoms with E-state index in [0.29, 0.717) is 18.6 Å². The molecule has 0 radical (unpaired) electrons. The minimum Gasteiger partial charge on any atom is -0.478 e. The van der Waals surface area contributed by atoms with Gasteiger partial charge in [-0.15, -0.1) is 0 Å². The van der Waals surface area contributed by atoms with E-state index >= 15 is 0 Å². The summed E-state index contributed by atoms with van der Waals surface area (Å²) < 4.78 is 11.2. The average molecular weight is 344 g/mol. The molecule has 1 saturated heterocycles. The van der Waals surface area contributed by atoms with Crippen LogP contribution in [-0.4, -0.2) is 47.7 Å². The molecule has 0 unspecified atom stereocenters. The highest BCUT2D eigenvalue weighted by atomic mass is 79.9. The summed E-state index contributed by atoms with van der Waals surface area (Å²) in [5.41, 5.74) is 0.941. The molecule has 6 heteroatoms. The summed E-state index contributed by atoms with van der Waals surface area (Å²) in [6.45, 7) is 7.20. The molecule has 0 atom stereocenters. The Morgan fingerprint density at radius 2 is 2.10 bits per heavy atom. The van der Waals surface area contributed by atoms with Crippen LogP contribution in [0.25, 0.3) is 0 Å². The van der Waals surface area contributed by atoms with Crippen molar-refractivity contribution in [2.75, 3.05) is 36.5 Å². The second-order valence-corrected chi connectivity index (χ2v) is 5.62. The maximum atomic E-state index is 5.76. The highest BCUT2D eigenvalue weighted by Gasteiger charge is 2.21. The summed E-state index contributed by atoms with van der Waals surface area (Å²) in [5.74, 6) is 1.43. The molecule has 5 nitrogen and oxygen atoms in total. The van der Waals surface area contributed by atoms with E-state index in [9.17, 15) is 0 Å². The molecule has 1 fully saturated rings. The third-order valence-electron chi connectivity index (χ3n) is 3.27. The predicted molar refractivity (Wildman–Crippen MR) is 82.9 cm³/mol. The molecular formula is C14H22BrN3O2. The van der Waals surface area contributed by atoms with Crippen molar-refractivity contribution in [1.29, 1.82) is 0 Å². The van der Waals surface area contributed by atoms with Gasteiger partial charge in [-0.1, -0.05) is 15.9 Å². The van der Waals surface area contributed by atoms with Gasteiger partial charge in [-0.05, 0) is 26.7 Å². The molecular weight excluding hydrogens is 322 g/mol. The van der Waals surface area contributed by atoms with E-state index in [1.165, 1.54) is 0 Å². The molecule has 1 aromatic rings. The number of halogens is 1. The van der Waals surface area contributed by atoms with Crippen LogP contribution >= 0.6 is 15.9 Å². The van der Waals surface area contributed by atoms with Crippen molar-refractivity contribution >= 4 is 21.9 Å². The molecule has 1 aromatic heterocycles. The molecule has 0 bridgehead atoms. The van der Waals surface area contributed by atoms with Gasteiger partial charge in [-0.2, -0.15) is 4.98 Å². The van der Waals surface area contributed by atoms with Crippen LogP contribution in [-0.2, 0) is 4.74 Å². The largest absolute Gasteiger partial charge is 0.478 e. The Kier molecular flexibility index (Phi) is 6.04. The molecule has 0 N–H and O–H groups in total. The van der Waals surface area contributed by atoms with Crippen LogP contribution in [0.5, 0.6) is 5.88 Å². The van der Waals surface area contributed by atoms with Gasteiger partial charge in [0, 0.05) is 30.2 Å². The summed E-state index contributed by atoms with van der Waals surface area (Å²) in [6.07, 6.45) is 2.41. The van der Waals surface area contributed by atoms with Crippen LogP contribution in [0.1, 0.15) is 25.5 Å². The topological polar surface area (TPSA) is 47.5 Å². The first-order valence-electron chi connectivity index (χ1n) is 7.14. The average Bonchev–Trinajstić information content (AvgIpc) is 2.45. The zero-order valence-corrected chi connectivity index (χ0v) is 13.7. The summed E-state index contributed by atoms with van der Waals surface area (Å²) in [6, 6.07) is 1.87. The molecule has 0 spiro atoms. The Hall–Kier alpha value is -0.880. The second kappa shape index (κ2) is 7.78. The molecule has 0 saturated carbocycles. The van der Waals surface area contributed by atoms with Crippen LogP contribution in [0.2, 0.25) is 0 Å². The second-order valence-electron chi connectivity index (χ2n) is 4.83. The minimum atomic E-state index is 0.361. The van der Waals surface area contributed by atoms with Crippen molar-refractivity contribution in [2.45, 2.75) is 32.8 Å². The van der Waals surface area contributed by atoms with Gasteiger partial charge in [-0.3, -0.25) is 0 Å². The fraction of sp³-hybridized carbons (Fsp3) is 0.714. The van der Waals surface area contributed by atoms with Gasteiger partial charge in [0.05, 0.1) is 19.3 Å². The molecule has 2 heterocycles. The molecule has 0 amide bonds. The molecule has 0 aromatic carbocycles. The van der Waals surface area contributed by atoms with Crippen molar-refractivity contribution in [2.24, 2.45) is 0 Å². The SMILES string of the molecule is CCOc1cc(C)nc(N2CCC(OCCBr)CC2)n1. The van der Waals surface area contributed by atoms with Crippen molar-refractivity contribution in [1.82, 2.24) is 9.97 Å². The molecule has 1 aliphatic rings. The normalized spacial score (nSPS) is 16.4. The highest BCUT2D eigenvalue weighted by Crippen LogP contribution is 2.21. The zero-order chi connectivity index (χ0) is 14.4. The van der Waals surface area contributed by atoms with Gasteiger partial charge in [0.1, 0.15) is 0 Å². The van der Waals surface area contributed by atoms with Gasteiger partial charge >= 0.3 is 0 Å². The van der Waals surface area contributed by atoms with E-state index in [0.717, 1.165) is 49.5 Å². The Balaban J connectivity index is 1.96. The predicted octanol–water partition coefficient (Wildman–Crippen LogP) is 2.56. The monoisotopic (exact) mass is 343 g/mol. The smallest absolute Gasteiger partial charge is 0.228 e. The van der Waals surface area contributed by atoms with Crippen LogP contribution in [0.3, 0.4) is 0 Å². The first-order chi connectivity index (χ1) is 9.72. The summed E-state index contributed by atoms with van der Waals surface area (Å²) >= 11 is 3.39. The van der Waals surface area contributed by atoms with E-state index in [1.54, 1.807) is 0 Å². The fourth-order valence-corrected chi connectivity index (χ4v) is 2.51. The fourth-order valence-electron chi connectivity index (χ4n) is 2.32. The molecule has 0 aliphatic carbocycles. The summed E-state index contributed by atoms with van der Waals surface area (Å²) in [5, 5.41) is 0.895. The van der Waals surface area contributed by atoms with Crippen LogP contribution in [0.15, 0.2) is 6.07 Å². The number of piperidine rings is 1. The zero-order valence-electron chi connectivity index (χ0n) is 12.1. The van der Waals surface area contributed by atoms with E-state index in [4.69, 9.17) is 9.47 Å². The van der Waals surface area contributed by atoms with Crippen molar-refractivity contribution < 1.29 is 9.47 Å². The number of nitrogens with zero attached hydrogens (tertiary/aromatic N) is 3. The number of aryl methyl sites for hydroxylation is 1. The Morgan fingerprint density at radius 3 is 2.75 bits per heavy atom. The maximum absolute atomic E-state index is 5.76. The van der Waals surface area contributed by atoms with Crippen molar-refractivity contribution in [3.8, 4) is 5.88 Å². The van der Waals surface area contributed by atoms with Crippen LogP contribution in [0.4, 0.5) is 5.95 Å². The van der Waals surface area contributed by atoms with E-state index < -0.39 is 0 Å². The van der Waals surface area contributed by atoms with Crippen LogP contribution in [0, 0.1) is 6.92 Å². The van der Waals surface area contributed by atoms with Gasteiger partial charge < -0.3 is 14.4 Å². The van der Waals surface area contributed by atoms with Crippen LogP contribution < -0.4 is 9.64 Å². The summed E-state index contributed by atoms with van der Waals surface area (Å²) in [4.78, 5) is 11.2. The number of alkyl halides is 1. The van der Waals surface area contributed by atoms with Crippen molar-refractivity contribution in [3.05, 3.63) is 11.8 Å². The number of anilines is 1. The summed E-state index contributed by atoms with van der Waals surface area (Å²) in [7, 11) is 0. The molecule has 1 aliphatic heterocycles. The Bertz CT molecular complexity index is 423. The highest BCUT2D eigenvalue weighted by molar-refractivity contribution is 9.09. The van der Waals surface area contributed by atoms with E-state index in [2.05, 4.69) is 30.8 Å². The van der Waals surface area contributed by atoms with Gasteiger partial charge in [-0.25, -0.2) is 4.98 Å². The first kappa shape index (κ1) is 15.5. The lowest BCUT2D eigenvalue weighted by atomic mass is 10.1. The quantitative estimate of drug-likeness (QED) is 0.743. The number of hydrogen-bond acceptors (Lipinski definition) is 5. The minimum absolute atomic E-state index is 0.361. The third kappa shape index (κ3) is 4.31. The number of aromatic nitrogens is 2. The standard InChI is InChI=1S/C14H22BrN3O2/c1-3-19-13-10-11(2)16-14(17-13)18-7-4-12(5-8-18)20-9-6-15/h10,12H,3-9H2,1-2H3. The molecule has 2 rings (SSSR count). The third-order valence-corrected chi connectivity index (χ3v) is 3.59. The number of ether oxygens (including phenoxy) is 2. The van der Waals surface area contributed by atoms with Gasteiger partial charge in [0.25, 0.3) is 0 Å². The van der Waals surface area contributed by atoms with Gasteiger partial charge in [0.15, 0.2) is 0 Å². The lowest BCUT2D eigenvalue weighted by Crippen LogP contribution is -2.38. The lowest BCUT2D eigenvalue weighted by molar-refractivity contribution is 0.0479. The Labute approximate surface area is 128 Å². The van der Waals surface area contributed by atoms with Crippen molar-refractivity contribution in [3.63, 3.8) is 0 Å².